The second-order valence-corrected chi connectivity index (χ2v) is 6.21. The van der Waals surface area contributed by atoms with E-state index >= 15 is 0 Å². The van der Waals surface area contributed by atoms with Crippen LogP contribution >= 0.6 is 22.3 Å². The van der Waals surface area contributed by atoms with E-state index in [2.05, 4.69) is 5.10 Å². The smallest absolute Gasteiger partial charge is 0.250 e. The van der Waals surface area contributed by atoms with Gasteiger partial charge in [0.1, 0.15) is 10.0 Å². The molecule has 86 valence electrons. The van der Waals surface area contributed by atoms with Crippen LogP contribution in [0.1, 0.15) is 32.0 Å². The molecule has 1 atom stereocenters. The van der Waals surface area contributed by atoms with E-state index in [1.807, 2.05) is 13.8 Å². The van der Waals surface area contributed by atoms with Crippen molar-refractivity contribution >= 4 is 31.3 Å². The van der Waals surface area contributed by atoms with Crippen LogP contribution in [0, 0.1) is 6.92 Å². The van der Waals surface area contributed by atoms with Crippen LogP contribution in [-0.4, -0.2) is 18.2 Å². The average Bonchev–Trinajstić information content (AvgIpc) is 2.39. The van der Waals surface area contributed by atoms with Crippen LogP contribution in [0.2, 0.25) is 5.15 Å². The van der Waals surface area contributed by atoms with Crippen LogP contribution in [0.5, 0.6) is 0 Å². The lowest BCUT2D eigenvalue weighted by Gasteiger charge is -2.09. The number of aromatic nitrogens is 2. The highest BCUT2D eigenvalue weighted by Gasteiger charge is 2.25. The lowest BCUT2D eigenvalue weighted by Crippen LogP contribution is -2.06. The highest BCUT2D eigenvalue weighted by molar-refractivity contribution is 8.13. The minimum absolute atomic E-state index is 0.0448. The second-order valence-electron chi connectivity index (χ2n) is 3.35. The zero-order chi connectivity index (χ0) is 11.8. The maximum atomic E-state index is 11.2. The molecular weight excluding hydrogens is 259 g/mol. The van der Waals surface area contributed by atoms with Gasteiger partial charge < -0.3 is 0 Å². The molecule has 0 spiro atoms. The van der Waals surface area contributed by atoms with Gasteiger partial charge in [0.25, 0.3) is 9.05 Å². The molecule has 4 nitrogen and oxygen atoms in total. The molecule has 0 aromatic carbocycles. The normalized spacial score (nSPS) is 14.2. The van der Waals surface area contributed by atoms with Crippen molar-refractivity contribution in [3.63, 3.8) is 0 Å². The molecule has 0 saturated carbocycles. The lowest BCUT2D eigenvalue weighted by molar-refractivity contribution is 0.475. The fourth-order valence-electron chi connectivity index (χ4n) is 1.25. The first kappa shape index (κ1) is 12.8. The third kappa shape index (κ3) is 2.46. The van der Waals surface area contributed by atoms with Gasteiger partial charge in [0.05, 0.1) is 11.7 Å². The average molecular weight is 271 g/mol. The molecule has 0 aliphatic rings. The molecule has 1 aromatic rings. The summed E-state index contributed by atoms with van der Waals surface area (Å²) in [6.07, 6.45) is 0.808. The Kier molecular flexibility index (Phi) is 3.68. The van der Waals surface area contributed by atoms with Gasteiger partial charge in [-0.1, -0.05) is 18.5 Å². The number of hydrogen-bond donors (Lipinski definition) is 0. The molecular formula is C8H12Cl2N2O2S. The zero-order valence-electron chi connectivity index (χ0n) is 8.66. The number of aryl methyl sites for hydroxylation is 1. The van der Waals surface area contributed by atoms with E-state index < -0.39 is 9.05 Å². The molecule has 0 saturated heterocycles. The zero-order valence-corrected chi connectivity index (χ0v) is 11.0. The van der Waals surface area contributed by atoms with E-state index in [1.165, 1.54) is 4.68 Å². The fraction of sp³-hybridized carbons (Fsp3) is 0.625. The van der Waals surface area contributed by atoms with Crippen molar-refractivity contribution in [2.75, 3.05) is 0 Å². The summed E-state index contributed by atoms with van der Waals surface area (Å²) in [4.78, 5) is -0.0915. The summed E-state index contributed by atoms with van der Waals surface area (Å²) < 4.78 is 23.9. The highest BCUT2D eigenvalue weighted by Crippen LogP contribution is 2.30. The van der Waals surface area contributed by atoms with E-state index in [0.717, 1.165) is 6.42 Å². The Morgan fingerprint density at radius 2 is 2.07 bits per heavy atom. The minimum Gasteiger partial charge on any atom is -0.250 e. The van der Waals surface area contributed by atoms with E-state index in [9.17, 15) is 8.42 Å². The predicted molar refractivity (Wildman–Crippen MR) is 60.0 cm³/mol. The van der Waals surface area contributed by atoms with Crippen LogP contribution in [-0.2, 0) is 9.05 Å². The monoisotopic (exact) mass is 270 g/mol. The standard InChI is InChI=1S/C8H12Cl2N2O2S/c1-4-5(2)12-8(9)7(6(3)11-12)15(10,13)14/h5H,4H2,1-3H3. The Hall–Kier alpha value is -0.260. The molecule has 0 fully saturated rings. The molecule has 0 bridgehead atoms. The van der Waals surface area contributed by atoms with Crippen molar-refractivity contribution in [2.24, 2.45) is 0 Å². The molecule has 7 heteroatoms. The summed E-state index contributed by atoms with van der Waals surface area (Å²) >= 11 is 5.92. The molecule has 15 heavy (non-hydrogen) atoms. The van der Waals surface area contributed by atoms with E-state index in [0.29, 0.717) is 5.69 Å². The van der Waals surface area contributed by atoms with E-state index in [-0.39, 0.29) is 16.1 Å². The SMILES string of the molecule is CCC(C)n1nc(C)c(S(=O)(=O)Cl)c1Cl. The number of rotatable bonds is 3. The highest BCUT2D eigenvalue weighted by atomic mass is 35.7. The Morgan fingerprint density at radius 1 is 1.53 bits per heavy atom. The first-order valence-electron chi connectivity index (χ1n) is 4.48. The molecule has 1 unspecified atom stereocenters. The number of nitrogens with zero attached hydrogens (tertiary/aromatic N) is 2. The summed E-state index contributed by atoms with van der Waals surface area (Å²) in [5.74, 6) is 0. The predicted octanol–water partition coefficient (Wildman–Crippen LogP) is 2.74. The number of halogens is 2. The Bertz CT molecular complexity index is 467. The van der Waals surface area contributed by atoms with Gasteiger partial charge in [-0.25, -0.2) is 13.1 Å². The molecule has 0 aliphatic carbocycles. The summed E-state index contributed by atoms with van der Waals surface area (Å²) in [5, 5.41) is 4.15. The Morgan fingerprint density at radius 3 is 2.40 bits per heavy atom. The lowest BCUT2D eigenvalue weighted by atomic mass is 10.3. The van der Waals surface area contributed by atoms with Crippen molar-refractivity contribution in [3.05, 3.63) is 10.8 Å². The van der Waals surface area contributed by atoms with Gasteiger partial charge in [-0.05, 0) is 20.3 Å². The van der Waals surface area contributed by atoms with E-state index in [1.54, 1.807) is 6.92 Å². The Labute approximate surface area is 98.6 Å². The maximum absolute atomic E-state index is 11.2. The van der Waals surface area contributed by atoms with Gasteiger partial charge in [0, 0.05) is 10.7 Å². The molecule has 1 rings (SSSR count). The van der Waals surface area contributed by atoms with Crippen LogP contribution in [0.3, 0.4) is 0 Å². The molecule has 0 amide bonds. The van der Waals surface area contributed by atoms with Gasteiger partial charge in [-0.15, -0.1) is 0 Å². The van der Waals surface area contributed by atoms with Crippen molar-refractivity contribution in [3.8, 4) is 0 Å². The summed E-state index contributed by atoms with van der Waals surface area (Å²) in [6.45, 7) is 5.44. The van der Waals surface area contributed by atoms with Gasteiger partial charge in [-0.2, -0.15) is 5.10 Å². The van der Waals surface area contributed by atoms with Crippen molar-refractivity contribution in [1.29, 1.82) is 0 Å². The third-order valence-corrected chi connectivity index (χ3v) is 4.14. The van der Waals surface area contributed by atoms with Crippen LogP contribution < -0.4 is 0 Å². The van der Waals surface area contributed by atoms with Crippen LogP contribution in [0.25, 0.3) is 0 Å². The summed E-state index contributed by atoms with van der Waals surface area (Å²) in [5.41, 5.74) is 0.329. The first-order chi connectivity index (χ1) is 6.79. The van der Waals surface area contributed by atoms with E-state index in [4.69, 9.17) is 22.3 Å². The molecule has 0 aliphatic heterocycles. The number of hydrogen-bond acceptors (Lipinski definition) is 3. The van der Waals surface area contributed by atoms with Crippen molar-refractivity contribution in [2.45, 2.75) is 38.1 Å². The largest absolute Gasteiger partial charge is 0.266 e. The van der Waals surface area contributed by atoms with Crippen LogP contribution in [0.15, 0.2) is 4.90 Å². The fourth-order valence-corrected chi connectivity index (χ4v) is 3.25. The Balaban J connectivity index is 3.40. The van der Waals surface area contributed by atoms with Gasteiger partial charge in [0.2, 0.25) is 0 Å². The van der Waals surface area contributed by atoms with Gasteiger partial charge >= 0.3 is 0 Å². The molecule has 0 N–H and O–H groups in total. The topological polar surface area (TPSA) is 52.0 Å². The summed E-state index contributed by atoms with van der Waals surface area (Å²) in [6, 6.07) is 0.0448. The van der Waals surface area contributed by atoms with Gasteiger partial charge in [0.15, 0.2) is 0 Å². The van der Waals surface area contributed by atoms with Crippen molar-refractivity contribution in [1.82, 2.24) is 9.78 Å². The summed E-state index contributed by atoms with van der Waals surface area (Å²) in [7, 11) is 1.44. The molecule has 1 aromatic heterocycles. The molecule has 1 heterocycles. The second kappa shape index (κ2) is 4.31. The maximum Gasteiger partial charge on any atom is 0.266 e. The minimum atomic E-state index is -3.83. The van der Waals surface area contributed by atoms with Crippen molar-refractivity contribution < 1.29 is 8.42 Å². The van der Waals surface area contributed by atoms with Crippen LogP contribution in [0.4, 0.5) is 0 Å². The van der Waals surface area contributed by atoms with Gasteiger partial charge in [-0.3, -0.25) is 0 Å². The molecule has 0 radical (unpaired) electrons. The first-order valence-corrected chi connectivity index (χ1v) is 7.17. The third-order valence-electron chi connectivity index (χ3n) is 2.23. The quantitative estimate of drug-likeness (QED) is 0.794.